The monoisotopic (exact) mass is 292 g/mol. The van der Waals surface area contributed by atoms with Gasteiger partial charge in [-0.25, -0.2) is 13.6 Å². The van der Waals surface area contributed by atoms with Crippen molar-refractivity contribution in [2.75, 3.05) is 0 Å². The molecule has 0 aliphatic heterocycles. The summed E-state index contributed by atoms with van der Waals surface area (Å²) in [6.45, 7) is 0.885. The van der Waals surface area contributed by atoms with E-state index in [4.69, 9.17) is 5.14 Å². The fourth-order valence-corrected chi connectivity index (χ4v) is 3.99. The van der Waals surface area contributed by atoms with Crippen LogP contribution in [-0.4, -0.2) is 13.0 Å². The Bertz CT molecular complexity index is 713. The molecule has 5 heteroatoms. The van der Waals surface area contributed by atoms with Crippen molar-refractivity contribution in [2.45, 2.75) is 43.5 Å². The number of nitrogens with two attached hydrogens (primary N) is 1. The van der Waals surface area contributed by atoms with E-state index >= 15 is 0 Å². The minimum absolute atomic E-state index is 0.240. The lowest BCUT2D eigenvalue weighted by Gasteiger charge is -2.22. The smallest absolute Gasteiger partial charge is 0.240 e. The molecule has 3 rings (SSSR count). The number of fused-ring (bicyclic) bond motifs is 1. The van der Waals surface area contributed by atoms with E-state index in [1.165, 1.54) is 32.1 Å². The predicted octanol–water partition coefficient (Wildman–Crippen LogP) is 2.87. The van der Waals surface area contributed by atoms with Crippen LogP contribution < -0.4 is 5.14 Å². The summed E-state index contributed by atoms with van der Waals surface area (Å²) in [5, 5.41) is 6.06. The highest BCUT2D eigenvalue weighted by molar-refractivity contribution is 7.89. The van der Waals surface area contributed by atoms with Gasteiger partial charge in [0.1, 0.15) is 4.90 Å². The predicted molar refractivity (Wildman–Crippen MR) is 79.9 cm³/mol. The van der Waals surface area contributed by atoms with E-state index < -0.39 is 10.0 Å². The summed E-state index contributed by atoms with van der Waals surface area (Å²) in [7, 11) is -3.67. The van der Waals surface area contributed by atoms with Crippen LogP contribution in [0.25, 0.3) is 10.9 Å². The fourth-order valence-electron chi connectivity index (χ4n) is 3.24. The van der Waals surface area contributed by atoms with Gasteiger partial charge in [0.2, 0.25) is 10.0 Å². The molecule has 0 saturated heterocycles. The molecule has 108 valence electrons. The maximum Gasteiger partial charge on any atom is 0.240 e. The van der Waals surface area contributed by atoms with E-state index in [1.54, 1.807) is 6.20 Å². The molecule has 2 aromatic rings. The Morgan fingerprint density at radius 1 is 1.15 bits per heavy atom. The van der Waals surface area contributed by atoms with Crippen molar-refractivity contribution < 1.29 is 8.42 Å². The Hall–Kier alpha value is -1.33. The van der Waals surface area contributed by atoms with Crippen molar-refractivity contribution in [3.05, 3.63) is 30.5 Å². The highest BCUT2D eigenvalue weighted by Gasteiger charge is 2.20. The standard InChI is InChI=1S/C15H20N2O2S/c16-20(18,19)15-11-17(10-12-6-2-1-3-7-12)14-9-5-4-8-13(14)15/h4-5,8-9,11-12H,1-3,6-7,10H2,(H2,16,18,19). The summed E-state index contributed by atoms with van der Waals surface area (Å²) < 4.78 is 25.5. The largest absolute Gasteiger partial charge is 0.346 e. The zero-order valence-corrected chi connectivity index (χ0v) is 12.3. The second-order valence-electron chi connectivity index (χ2n) is 5.71. The first-order valence-electron chi connectivity index (χ1n) is 7.16. The van der Waals surface area contributed by atoms with Crippen LogP contribution in [0.4, 0.5) is 0 Å². The second kappa shape index (κ2) is 5.22. The van der Waals surface area contributed by atoms with Gasteiger partial charge in [0.15, 0.2) is 0 Å². The van der Waals surface area contributed by atoms with Crippen molar-refractivity contribution in [3.63, 3.8) is 0 Å². The Kier molecular flexibility index (Phi) is 3.56. The summed E-state index contributed by atoms with van der Waals surface area (Å²) >= 11 is 0. The number of aromatic nitrogens is 1. The molecule has 4 nitrogen and oxygen atoms in total. The van der Waals surface area contributed by atoms with Crippen LogP contribution in [0, 0.1) is 5.92 Å². The van der Waals surface area contributed by atoms with E-state index in [0.717, 1.165) is 17.4 Å². The van der Waals surface area contributed by atoms with Gasteiger partial charge in [-0.05, 0) is 24.8 Å². The molecule has 1 aromatic heterocycles. The number of sulfonamides is 1. The summed E-state index contributed by atoms with van der Waals surface area (Å²) in [6.07, 6.45) is 8.06. The number of para-hydroxylation sites is 1. The first-order valence-corrected chi connectivity index (χ1v) is 8.71. The molecule has 1 aliphatic carbocycles. The topological polar surface area (TPSA) is 65.1 Å². The van der Waals surface area contributed by atoms with Crippen LogP contribution in [0.15, 0.2) is 35.4 Å². The molecule has 0 bridgehead atoms. The van der Waals surface area contributed by atoms with E-state index in [2.05, 4.69) is 4.57 Å². The van der Waals surface area contributed by atoms with Gasteiger partial charge in [-0.15, -0.1) is 0 Å². The first kappa shape index (κ1) is 13.6. The van der Waals surface area contributed by atoms with Crippen molar-refractivity contribution >= 4 is 20.9 Å². The molecule has 0 radical (unpaired) electrons. The zero-order valence-electron chi connectivity index (χ0n) is 11.5. The summed E-state index contributed by atoms with van der Waals surface area (Å²) in [5.74, 6) is 0.646. The van der Waals surface area contributed by atoms with Gasteiger partial charge in [0, 0.05) is 23.6 Å². The minimum atomic E-state index is -3.67. The normalized spacial score (nSPS) is 17.6. The molecule has 2 N–H and O–H groups in total. The Morgan fingerprint density at radius 2 is 1.85 bits per heavy atom. The lowest BCUT2D eigenvalue weighted by molar-refractivity contribution is 0.322. The highest BCUT2D eigenvalue weighted by Crippen LogP contribution is 2.29. The van der Waals surface area contributed by atoms with Gasteiger partial charge in [0.05, 0.1) is 0 Å². The first-order chi connectivity index (χ1) is 9.55. The van der Waals surface area contributed by atoms with Gasteiger partial charge >= 0.3 is 0 Å². The number of rotatable bonds is 3. The second-order valence-corrected chi connectivity index (χ2v) is 7.24. The number of benzene rings is 1. The summed E-state index contributed by atoms with van der Waals surface area (Å²) in [6, 6.07) is 7.58. The van der Waals surface area contributed by atoms with E-state index in [-0.39, 0.29) is 4.90 Å². The maximum absolute atomic E-state index is 11.7. The number of nitrogens with zero attached hydrogens (tertiary/aromatic N) is 1. The molecule has 1 heterocycles. The molecule has 1 fully saturated rings. The van der Waals surface area contributed by atoms with Crippen LogP contribution in [0.2, 0.25) is 0 Å². The average molecular weight is 292 g/mol. The third-order valence-corrected chi connectivity index (χ3v) is 5.18. The molecule has 0 amide bonds. The zero-order chi connectivity index (χ0) is 14.2. The number of hydrogen-bond acceptors (Lipinski definition) is 2. The van der Waals surface area contributed by atoms with Gasteiger partial charge < -0.3 is 4.57 Å². The Morgan fingerprint density at radius 3 is 2.55 bits per heavy atom. The molecule has 1 aliphatic rings. The van der Waals surface area contributed by atoms with Crippen molar-refractivity contribution in [3.8, 4) is 0 Å². The SMILES string of the molecule is NS(=O)(=O)c1cn(CC2CCCCC2)c2ccccc12. The number of primary sulfonamides is 1. The fraction of sp³-hybridized carbons (Fsp3) is 0.467. The molecule has 1 aromatic carbocycles. The third kappa shape index (κ3) is 2.60. The van der Waals surface area contributed by atoms with E-state index in [9.17, 15) is 8.42 Å². The van der Waals surface area contributed by atoms with Crippen molar-refractivity contribution in [2.24, 2.45) is 11.1 Å². The highest BCUT2D eigenvalue weighted by atomic mass is 32.2. The lowest BCUT2D eigenvalue weighted by atomic mass is 9.89. The van der Waals surface area contributed by atoms with Gasteiger partial charge in [-0.2, -0.15) is 0 Å². The minimum Gasteiger partial charge on any atom is -0.346 e. The molecule has 0 atom stereocenters. The summed E-state index contributed by atoms with van der Waals surface area (Å²) in [5.41, 5.74) is 0.960. The van der Waals surface area contributed by atoms with Gasteiger partial charge in [-0.3, -0.25) is 0 Å². The Balaban J connectivity index is 2.02. The molecular formula is C15H20N2O2S. The van der Waals surface area contributed by atoms with Crippen LogP contribution in [0.1, 0.15) is 32.1 Å². The van der Waals surface area contributed by atoms with Crippen LogP contribution >= 0.6 is 0 Å². The van der Waals surface area contributed by atoms with Crippen LogP contribution in [-0.2, 0) is 16.6 Å². The molecule has 1 saturated carbocycles. The van der Waals surface area contributed by atoms with Crippen molar-refractivity contribution in [1.29, 1.82) is 0 Å². The average Bonchev–Trinajstić information content (AvgIpc) is 2.79. The lowest BCUT2D eigenvalue weighted by Crippen LogP contribution is -2.14. The molecule has 0 unspecified atom stereocenters. The Labute approximate surface area is 119 Å². The summed E-state index contributed by atoms with van der Waals surface area (Å²) in [4.78, 5) is 0.240. The van der Waals surface area contributed by atoms with Gasteiger partial charge in [0.25, 0.3) is 0 Å². The molecular weight excluding hydrogens is 272 g/mol. The maximum atomic E-state index is 11.7. The van der Waals surface area contributed by atoms with Gasteiger partial charge in [-0.1, -0.05) is 37.5 Å². The molecule has 0 spiro atoms. The van der Waals surface area contributed by atoms with E-state index in [0.29, 0.717) is 5.92 Å². The van der Waals surface area contributed by atoms with Crippen LogP contribution in [0.5, 0.6) is 0 Å². The molecule has 20 heavy (non-hydrogen) atoms. The van der Waals surface area contributed by atoms with Crippen molar-refractivity contribution in [1.82, 2.24) is 4.57 Å². The van der Waals surface area contributed by atoms with Crippen LogP contribution in [0.3, 0.4) is 0 Å². The number of hydrogen-bond donors (Lipinski definition) is 1. The van der Waals surface area contributed by atoms with E-state index in [1.807, 2.05) is 24.3 Å². The third-order valence-electron chi connectivity index (χ3n) is 4.24. The quantitative estimate of drug-likeness (QED) is 0.945.